The molecule has 0 bridgehead atoms. The van der Waals surface area contributed by atoms with Gasteiger partial charge in [-0.1, -0.05) is 35.9 Å². The third-order valence-corrected chi connectivity index (χ3v) is 4.06. The molecule has 1 amide bonds. The van der Waals surface area contributed by atoms with E-state index in [4.69, 9.17) is 11.6 Å². The second-order valence-corrected chi connectivity index (χ2v) is 6.21. The first-order valence-corrected chi connectivity index (χ1v) is 8.36. The van der Waals surface area contributed by atoms with E-state index in [9.17, 15) is 9.18 Å². The highest BCUT2D eigenvalue weighted by Crippen LogP contribution is 2.27. The molecule has 2 aromatic carbocycles. The Labute approximate surface area is 147 Å². The van der Waals surface area contributed by atoms with Crippen molar-refractivity contribution in [3.63, 3.8) is 0 Å². The summed E-state index contributed by atoms with van der Waals surface area (Å²) in [6.07, 6.45) is 0.815. The number of amides is 1. The summed E-state index contributed by atoms with van der Waals surface area (Å²) in [4.78, 5) is 11.9. The second kappa shape index (κ2) is 8.69. The molecule has 0 aliphatic heterocycles. The Balaban J connectivity index is 1.73. The molecule has 5 heteroatoms. The minimum Gasteiger partial charge on any atom is -0.383 e. The Morgan fingerprint density at radius 3 is 2.62 bits per heavy atom. The van der Waals surface area contributed by atoms with E-state index in [1.165, 1.54) is 6.07 Å². The van der Waals surface area contributed by atoms with Gasteiger partial charge in [-0.2, -0.15) is 0 Å². The van der Waals surface area contributed by atoms with Crippen molar-refractivity contribution in [2.45, 2.75) is 26.7 Å². The lowest BCUT2D eigenvalue weighted by atomic mass is 10.1. The molecule has 2 aromatic rings. The van der Waals surface area contributed by atoms with Crippen LogP contribution < -0.4 is 10.6 Å². The van der Waals surface area contributed by atoms with Crippen molar-refractivity contribution in [1.82, 2.24) is 5.32 Å². The SMILES string of the molecule is Cc1cc(C)c(NCCC(=O)NCCc2ccccc2F)c(Cl)c1. The maximum Gasteiger partial charge on any atom is 0.221 e. The lowest BCUT2D eigenvalue weighted by molar-refractivity contribution is -0.120. The zero-order valence-electron chi connectivity index (χ0n) is 14.0. The molecule has 0 atom stereocenters. The van der Waals surface area contributed by atoms with E-state index in [-0.39, 0.29) is 11.7 Å². The molecule has 3 nitrogen and oxygen atoms in total. The van der Waals surface area contributed by atoms with Crippen molar-refractivity contribution in [1.29, 1.82) is 0 Å². The number of carbonyl (C=O) groups excluding carboxylic acids is 1. The topological polar surface area (TPSA) is 41.1 Å². The van der Waals surface area contributed by atoms with Crippen LogP contribution >= 0.6 is 11.6 Å². The highest BCUT2D eigenvalue weighted by Gasteiger charge is 2.07. The van der Waals surface area contributed by atoms with Crippen molar-refractivity contribution in [2.24, 2.45) is 0 Å². The Kier molecular flexibility index (Phi) is 6.62. The summed E-state index contributed by atoms with van der Waals surface area (Å²) in [7, 11) is 0. The first-order valence-electron chi connectivity index (χ1n) is 7.98. The third kappa shape index (κ3) is 5.24. The Morgan fingerprint density at radius 1 is 1.17 bits per heavy atom. The van der Waals surface area contributed by atoms with Gasteiger partial charge in [0, 0.05) is 19.5 Å². The number of hydrogen-bond acceptors (Lipinski definition) is 2. The van der Waals surface area contributed by atoms with Gasteiger partial charge in [-0.25, -0.2) is 4.39 Å². The molecule has 24 heavy (non-hydrogen) atoms. The molecule has 0 aliphatic carbocycles. The summed E-state index contributed by atoms with van der Waals surface area (Å²) in [5, 5.41) is 6.67. The van der Waals surface area contributed by atoms with Gasteiger partial charge in [-0.15, -0.1) is 0 Å². The predicted molar refractivity (Wildman–Crippen MR) is 97.1 cm³/mol. The zero-order chi connectivity index (χ0) is 17.5. The highest BCUT2D eigenvalue weighted by atomic mass is 35.5. The van der Waals surface area contributed by atoms with Crippen molar-refractivity contribution in [3.05, 3.63) is 63.9 Å². The quantitative estimate of drug-likeness (QED) is 0.785. The molecule has 0 fully saturated rings. The number of halogens is 2. The minimum atomic E-state index is -0.238. The minimum absolute atomic E-state index is 0.0697. The maximum atomic E-state index is 13.5. The summed E-state index contributed by atoms with van der Waals surface area (Å²) >= 11 is 6.22. The van der Waals surface area contributed by atoms with Crippen LogP contribution in [0.4, 0.5) is 10.1 Å². The third-order valence-electron chi connectivity index (χ3n) is 3.76. The molecule has 128 valence electrons. The van der Waals surface area contributed by atoms with Crippen LogP contribution in [0.15, 0.2) is 36.4 Å². The summed E-state index contributed by atoms with van der Waals surface area (Å²) in [6, 6.07) is 10.5. The normalized spacial score (nSPS) is 10.5. The van der Waals surface area contributed by atoms with Gasteiger partial charge in [0.2, 0.25) is 5.91 Å². The standard InChI is InChI=1S/C19H22ClFN2O/c1-13-11-14(2)19(16(20)12-13)23-10-8-18(24)22-9-7-15-5-3-4-6-17(15)21/h3-6,11-12,23H,7-10H2,1-2H3,(H,22,24). The van der Waals surface area contributed by atoms with Crippen molar-refractivity contribution >= 4 is 23.2 Å². The molecule has 0 aromatic heterocycles. The number of carbonyl (C=O) groups is 1. The van der Waals surface area contributed by atoms with Gasteiger partial charge in [-0.3, -0.25) is 4.79 Å². The molecule has 2 rings (SSSR count). The van der Waals surface area contributed by atoms with Crippen LogP contribution in [0, 0.1) is 19.7 Å². The fourth-order valence-corrected chi connectivity index (χ4v) is 2.95. The second-order valence-electron chi connectivity index (χ2n) is 5.81. The van der Waals surface area contributed by atoms with Crippen LogP contribution in [0.1, 0.15) is 23.1 Å². The van der Waals surface area contributed by atoms with Gasteiger partial charge >= 0.3 is 0 Å². The maximum absolute atomic E-state index is 13.5. The summed E-state index contributed by atoms with van der Waals surface area (Å²) in [5.74, 6) is -0.308. The molecule has 0 aliphatic rings. The summed E-state index contributed by atoms with van der Waals surface area (Å²) in [5.41, 5.74) is 3.63. The number of rotatable bonds is 7. The van der Waals surface area contributed by atoms with Crippen LogP contribution in [-0.2, 0) is 11.2 Å². The first-order chi connectivity index (χ1) is 11.5. The van der Waals surface area contributed by atoms with E-state index < -0.39 is 0 Å². The number of anilines is 1. The lowest BCUT2D eigenvalue weighted by Crippen LogP contribution is -2.27. The smallest absolute Gasteiger partial charge is 0.221 e. The van der Waals surface area contributed by atoms with Crippen LogP contribution in [0.3, 0.4) is 0 Å². The molecular formula is C19H22ClFN2O. The molecule has 0 unspecified atom stereocenters. The van der Waals surface area contributed by atoms with Gasteiger partial charge in [0.1, 0.15) is 5.82 Å². The van der Waals surface area contributed by atoms with Gasteiger partial charge in [0.15, 0.2) is 0 Å². The number of nitrogens with one attached hydrogen (secondary N) is 2. The first kappa shape index (κ1) is 18.3. The average Bonchev–Trinajstić information content (AvgIpc) is 2.51. The van der Waals surface area contributed by atoms with Crippen LogP contribution in [0.5, 0.6) is 0 Å². The lowest BCUT2D eigenvalue weighted by Gasteiger charge is -2.12. The molecule has 2 N–H and O–H groups in total. The number of benzene rings is 2. The van der Waals surface area contributed by atoms with E-state index in [0.717, 1.165) is 16.8 Å². The average molecular weight is 349 g/mol. The van der Waals surface area contributed by atoms with Crippen LogP contribution in [0.2, 0.25) is 5.02 Å². The summed E-state index contributed by atoms with van der Waals surface area (Å²) < 4.78 is 13.5. The monoisotopic (exact) mass is 348 g/mol. The fraction of sp³-hybridized carbons (Fsp3) is 0.316. The Bertz CT molecular complexity index is 695. The van der Waals surface area contributed by atoms with E-state index in [1.54, 1.807) is 18.2 Å². The molecule has 0 spiro atoms. The molecule has 0 radical (unpaired) electrons. The molecule has 0 saturated carbocycles. The number of aryl methyl sites for hydroxylation is 2. The Hall–Kier alpha value is -2.07. The van der Waals surface area contributed by atoms with Crippen molar-refractivity contribution in [2.75, 3.05) is 18.4 Å². The molecule has 0 heterocycles. The van der Waals surface area contributed by atoms with E-state index in [1.807, 2.05) is 26.0 Å². The van der Waals surface area contributed by atoms with Gasteiger partial charge in [0.25, 0.3) is 0 Å². The largest absolute Gasteiger partial charge is 0.383 e. The van der Waals surface area contributed by atoms with Gasteiger partial charge in [0.05, 0.1) is 10.7 Å². The van der Waals surface area contributed by atoms with Crippen LogP contribution in [0.25, 0.3) is 0 Å². The van der Waals surface area contributed by atoms with Gasteiger partial charge < -0.3 is 10.6 Å². The molecular weight excluding hydrogens is 327 g/mol. The van der Waals surface area contributed by atoms with E-state index in [0.29, 0.717) is 36.5 Å². The van der Waals surface area contributed by atoms with Gasteiger partial charge in [-0.05, 0) is 49.1 Å². The van der Waals surface area contributed by atoms with E-state index >= 15 is 0 Å². The van der Waals surface area contributed by atoms with Crippen molar-refractivity contribution < 1.29 is 9.18 Å². The van der Waals surface area contributed by atoms with E-state index in [2.05, 4.69) is 10.6 Å². The fourth-order valence-electron chi connectivity index (χ4n) is 2.57. The summed E-state index contributed by atoms with van der Waals surface area (Å²) in [6.45, 7) is 4.89. The zero-order valence-corrected chi connectivity index (χ0v) is 14.7. The highest BCUT2D eigenvalue weighted by molar-refractivity contribution is 6.33. The predicted octanol–water partition coefficient (Wildman–Crippen LogP) is 4.26. The van der Waals surface area contributed by atoms with Crippen LogP contribution in [-0.4, -0.2) is 19.0 Å². The molecule has 0 saturated heterocycles. The van der Waals surface area contributed by atoms with Crippen molar-refractivity contribution in [3.8, 4) is 0 Å². The Morgan fingerprint density at radius 2 is 1.92 bits per heavy atom. The number of hydrogen-bond donors (Lipinski definition) is 2.